The first-order valence-corrected chi connectivity index (χ1v) is 9.15. The molecule has 1 aromatic rings. The Labute approximate surface area is 156 Å². The summed E-state index contributed by atoms with van der Waals surface area (Å²) in [5.41, 5.74) is 1.02. The molecule has 0 aromatic heterocycles. The van der Waals surface area contributed by atoms with Crippen LogP contribution in [0.15, 0.2) is 24.3 Å². The number of benzene rings is 1. The number of hydrogen-bond donors (Lipinski definition) is 3. The molecule has 5 nitrogen and oxygen atoms in total. The zero-order valence-electron chi connectivity index (χ0n) is 15.6. The molecule has 0 aliphatic rings. The molecule has 2 amide bonds. The zero-order valence-corrected chi connectivity index (χ0v) is 16.4. The van der Waals surface area contributed by atoms with Crippen LogP contribution in [0.5, 0.6) is 0 Å². The highest BCUT2D eigenvalue weighted by Crippen LogP contribution is 2.11. The van der Waals surface area contributed by atoms with Gasteiger partial charge < -0.3 is 16.0 Å². The lowest BCUT2D eigenvalue weighted by Gasteiger charge is -2.20. The van der Waals surface area contributed by atoms with Crippen LogP contribution in [0.3, 0.4) is 0 Å². The molecule has 1 rings (SSSR count). The molecule has 0 atom stereocenters. The zero-order chi connectivity index (χ0) is 18.9. The van der Waals surface area contributed by atoms with Crippen molar-refractivity contribution in [1.82, 2.24) is 10.6 Å². The van der Waals surface area contributed by atoms with Crippen molar-refractivity contribution in [1.29, 1.82) is 0 Å². The summed E-state index contributed by atoms with van der Waals surface area (Å²) in [6.07, 6.45) is 4.70. The first-order valence-electron chi connectivity index (χ1n) is 8.74. The van der Waals surface area contributed by atoms with Crippen molar-refractivity contribution in [3.8, 4) is 0 Å². The van der Waals surface area contributed by atoms with Crippen LogP contribution < -0.4 is 16.0 Å². The third-order valence-electron chi connectivity index (χ3n) is 3.40. The molecular formula is C19H29N3O2S. The smallest absolute Gasteiger partial charge is 0.251 e. The maximum absolute atomic E-state index is 12.1. The normalized spacial score (nSPS) is 10.9. The highest BCUT2D eigenvalue weighted by atomic mass is 32.1. The highest BCUT2D eigenvalue weighted by Gasteiger charge is 2.15. The molecule has 0 fully saturated rings. The van der Waals surface area contributed by atoms with E-state index in [0.717, 1.165) is 31.4 Å². The average Bonchev–Trinajstić information content (AvgIpc) is 2.50. The Morgan fingerprint density at radius 1 is 1.04 bits per heavy atom. The lowest BCUT2D eigenvalue weighted by Crippen LogP contribution is -2.40. The van der Waals surface area contributed by atoms with Gasteiger partial charge in [0.2, 0.25) is 5.91 Å². The fraction of sp³-hybridized carbons (Fsp3) is 0.526. The summed E-state index contributed by atoms with van der Waals surface area (Å²) >= 11 is 5.15. The fourth-order valence-electron chi connectivity index (χ4n) is 2.18. The van der Waals surface area contributed by atoms with Gasteiger partial charge in [-0.2, -0.15) is 0 Å². The Morgan fingerprint density at radius 3 is 2.24 bits per heavy atom. The summed E-state index contributed by atoms with van der Waals surface area (Å²) in [6, 6.07) is 6.96. The van der Waals surface area contributed by atoms with E-state index in [-0.39, 0.29) is 22.5 Å². The number of carbonyl (C=O) groups is 2. The van der Waals surface area contributed by atoms with Gasteiger partial charge in [0.15, 0.2) is 5.11 Å². The lowest BCUT2D eigenvalue weighted by atomic mass is 10.1. The van der Waals surface area contributed by atoms with Crippen molar-refractivity contribution < 1.29 is 9.59 Å². The number of carbonyl (C=O) groups excluding carboxylic acids is 2. The molecule has 0 saturated carbocycles. The minimum Gasteiger partial charge on any atom is -0.347 e. The number of amides is 2. The van der Waals surface area contributed by atoms with Crippen molar-refractivity contribution >= 4 is 34.8 Å². The molecule has 1 aromatic carbocycles. The predicted octanol–water partition coefficient (Wildman–Crippen LogP) is 4.00. The molecule has 0 bridgehead atoms. The number of unbranched alkanes of at least 4 members (excludes halogenated alkanes) is 3. The lowest BCUT2D eigenvalue weighted by molar-refractivity contribution is -0.119. The molecule has 0 aliphatic heterocycles. The summed E-state index contributed by atoms with van der Waals surface area (Å²) in [5, 5.41) is 8.81. The van der Waals surface area contributed by atoms with Crippen LogP contribution in [0.25, 0.3) is 0 Å². The summed E-state index contributed by atoms with van der Waals surface area (Å²) in [5.74, 6) is -0.197. The predicted molar refractivity (Wildman–Crippen MR) is 107 cm³/mol. The summed E-state index contributed by atoms with van der Waals surface area (Å²) in [7, 11) is 0. The molecule has 0 unspecified atom stereocenters. The third kappa shape index (κ3) is 9.19. The van der Waals surface area contributed by atoms with Crippen molar-refractivity contribution in [3.63, 3.8) is 0 Å². The van der Waals surface area contributed by atoms with Gasteiger partial charge in [-0.25, -0.2) is 0 Å². The minimum absolute atomic E-state index is 0.0743. The monoisotopic (exact) mass is 363 g/mol. The van der Waals surface area contributed by atoms with E-state index in [4.69, 9.17) is 12.2 Å². The Bertz CT molecular complexity index is 592. The van der Waals surface area contributed by atoms with Crippen LogP contribution in [-0.2, 0) is 4.79 Å². The van der Waals surface area contributed by atoms with Crippen LogP contribution in [0, 0.1) is 0 Å². The molecule has 0 heterocycles. The first-order chi connectivity index (χ1) is 11.7. The van der Waals surface area contributed by atoms with E-state index >= 15 is 0 Å². The van der Waals surface area contributed by atoms with Gasteiger partial charge in [0.1, 0.15) is 0 Å². The topological polar surface area (TPSA) is 70.2 Å². The molecule has 0 radical (unpaired) electrons. The van der Waals surface area contributed by atoms with Gasteiger partial charge in [0.25, 0.3) is 5.91 Å². The number of hydrogen-bond acceptors (Lipinski definition) is 3. The van der Waals surface area contributed by atoms with Gasteiger partial charge in [0, 0.05) is 23.2 Å². The van der Waals surface area contributed by atoms with Crippen LogP contribution in [0.2, 0.25) is 0 Å². The summed E-state index contributed by atoms with van der Waals surface area (Å²) in [6.45, 7) is 7.94. The van der Waals surface area contributed by atoms with Crippen LogP contribution in [-0.4, -0.2) is 22.5 Å². The molecule has 0 spiro atoms. The van der Waals surface area contributed by atoms with Crippen molar-refractivity contribution in [2.75, 3.05) is 5.32 Å². The second kappa shape index (κ2) is 10.1. The molecule has 25 heavy (non-hydrogen) atoms. The Kier molecular flexibility index (Phi) is 8.55. The van der Waals surface area contributed by atoms with Gasteiger partial charge in [-0.3, -0.25) is 9.59 Å². The molecule has 3 N–H and O–H groups in total. The van der Waals surface area contributed by atoms with E-state index in [9.17, 15) is 9.59 Å². The van der Waals surface area contributed by atoms with E-state index in [2.05, 4.69) is 22.9 Å². The third-order valence-corrected chi connectivity index (χ3v) is 3.61. The standard InChI is InChI=1S/C19H29N3O2S/c1-5-6-7-8-9-16(23)21-18(25)20-15-12-10-14(11-13-15)17(24)22-19(2,3)4/h10-13H,5-9H2,1-4H3,(H,22,24)(H2,20,21,23,25). The number of anilines is 1. The van der Waals surface area contributed by atoms with E-state index in [1.54, 1.807) is 24.3 Å². The SMILES string of the molecule is CCCCCCC(=O)NC(=S)Nc1ccc(C(=O)NC(C)(C)C)cc1. The summed E-state index contributed by atoms with van der Waals surface area (Å²) < 4.78 is 0. The van der Waals surface area contributed by atoms with Crippen LogP contribution in [0.1, 0.15) is 70.2 Å². The van der Waals surface area contributed by atoms with Gasteiger partial charge >= 0.3 is 0 Å². The molecule has 6 heteroatoms. The maximum Gasteiger partial charge on any atom is 0.251 e. The Balaban J connectivity index is 2.45. The number of nitrogens with one attached hydrogen (secondary N) is 3. The Morgan fingerprint density at radius 2 is 1.68 bits per heavy atom. The Hall–Kier alpha value is -1.95. The molecular weight excluding hydrogens is 334 g/mol. The fourth-order valence-corrected chi connectivity index (χ4v) is 2.41. The second-order valence-corrected chi connectivity index (χ2v) is 7.50. The largest absolute Gasteiger partial charge is 0.347 e. The van der Waals surface area contributed by atoms with Gasteiger partial charge in [-0.1, -0.05) is 26.2 Å². The number of rotatable bonds is 7. The molecule has 0 aliphatic carbocycles. The van der Waals surface area contributed by atoms with Gasteiger partial charge in [0.05, 0.1) is 0 Å². The van der Waals surface area contributed by atoms with Crippen LogP contribution in [0.4, 0.5) is 5.69 Å². The first kappa shape index (κ1) is 21.1. The second-order valence-electron chi connectivity index (χ2n) is 7.09. The van der Waals surface area contributed by atoms with Crippen molar-refractivity contribution in [3.05, 3.63) is 29.8 Å². The van der Waals surface area contributed by atoms with Crippen LogP contribution >= 0.6 is 12.2 Å². The van der Waals surface area contributed by atoms with E-state index in [0.29, 0.717) is 12.0 Å². The molecule has 138 valence electrons. The molecule has 0 saturated heterocycles. The van der Waals surface area contributed by atoms with Crippen molar-refractivity contribution in [2.45, 2.75) is 65.3 Å². The quantitative estimate of drug-likeness (QED) is 0.506. The van der Waals surface area contributed by atoms with E-state index in [1.807, 2.05) is 20.8 Å². The van der Waals surface area contributed by atoms with E-state index < -0.39 is 0 Å². The van der Waals surface area contributed by atoms with E-state index in [1.165, 1.54) is 0 Å². The summed E-state index contributed by atoms with van der Waals surface area (Å²) in [4.78, 5) is 23.9. The minimum atomic E-state index is -0.281. The highest BCUT2D eigenvalue weighted by molar-refractivity contribution is 7.80. The number of thiocarbonyl (C=S) groups is 1. The van der Waals surface area contributed by atoms with Crippen molar-refractivity contribution in [2.24, 2.45) is 0 Å². The average molecular weight is 364 g/mol. The van der Waals surface area contributed by atoms with Gasteiger partial charge in [-0.15, -0.1) is 0 Å². The maximum atomic E-state index is 12.1. The van der Waals surface area contributed by atoms with Gasteiger partial charge in [-0.05, 0) is 63.7 Å².